The molecule has 0 aromatic heterocycles. The van der Waals surface area contributed by atoms with Crippen LogP contribution in [-0.4, -0.2) is 46.4 Å². The number of allylic oxidation sites excluding steroid dienone is 1. The molecular weight excluding hydrogens is 322 g/mol. The number of aliphatic carboxylic acids is 1. The molecule has 0 unspecified atom stereocenters. The van der Waals surface area contributed by atoms with Crippen molar-refractivity contribution in [3.63, 3.8) is 0 Å². The molecule has 1 heterocycles. The first kappa shape index (κ1) is 18.8. The quantitative estimate of drug-likeness (QED) is 0.800. The van der Waals surface area contributed by atoms with E-state index in [-0.39, 0.29) is 19.5 Å². The number of carbonyl (C=O) groups is 2. The van der Waals surface area contributed by atoms with Crippen molar-refractivity contribution in [1.82, 2.24) is 4.90 Å². The van der Waals surface area contributed by atoms with E-state index in [9.17, 15) is 14.7 Å². The molecule has 2 rings (SSSR count). The van der Waals surface area contributed by atoms with Gasteiger partial charge in [-0.25, -0.2) is 4.79 Å². The molecule has 6 heteroatoms. The lowest BCUT2D eigenvalue weighted by Gasteiger charge is -2.48. The molecule has 1 aliphatic rings. The van der Waals surface area contributed by atoms with Crippen molar-refractivity contribution in [1.29, 1.82) is 0 Å². The van der Waals surface area contributed by atoms with Crippen LogP contribution in [0.2, 0.25) is 0 Å². The van der Waals surface area contributed by atoms with Crippen molar-refractivity contribution >= 4 is 12.1 Å². The average molecular weight is 347 g/mol. The zero-order valence-electron chi connectivity index (χ0n) is 14.9. The Balaban J connectivity index is 2.13. The predicted octanol–water partition coefficient (Wildman–Crippen LogP) is 3.26. The van der Waals surface area contributed by atoms with Crippen LogP contribution >= 0.6 is 0 Å². The number of benzene rings is 1. The number of likely N-dealkylation sites (tertiary alicyclic amines) is 1. The Labute approximate surface area is 148 Å². The zero-order chi connectivity index (χ0) is 18.7. The van der Waals surface area contributed by atoms with Crippen molar-refractivity contribution in [2.75, 3.05) is 13.1 Å². The predicted molar refractivity (Wildman–Crippen MR) is 93.8 cm³/mol. The molecule has 1 aromatic rings. The summed E-state index contributed by atoms with van der Waals surface area (Å²) >= 11 is 0. The summed E-state index contributed by atoms with van der Waals surface area (Å²) in [6, 6.07) is 7.44. The van der Waals surface area contributed by atoms with E-state index in [1.165, 1.54) is 4.90 Å². The third-order valence-corrected chi connectivity index (χ3v) is 3.75. The molecule has 1 fully saturated rings. The third kappa shape index (κ3) is 4.98. The molecule has 0 radical (unpaired) electrons. The summed E-state index contributed by atoms with van der Waals surface area (Å²) in [5.74, 6) is -0.350. The van der Waals surface area contributed by atoms with Crippen LogP contribution in [0.5, 0.6) is 5.75 Å². The third-order valence-electron chi connectivity index (χ3n) is 3.75. The van der Waals surface area contributed by atoms with E-state index in [0.29, 0.717) is 12.2 Å². The van der Waals surface area contributed by atoms with Gasteiger partial charge in [-0.1, -0.05) is 24.3 Å². The highest BCUT2D eigenvalue weighted by Crippen LogP contribution is 2.34. The number of hydrogen-bond acceptors (Lipinski definition) is 4. The second-order valence-electron chi connectivity index (χ2n) is 7.29. The van der Waals surface area contributed by atoms with Crippen molar-refractivity contribution in [3.05, 3.63) is 42.5 Å². The number of hydrogen-bond donors (Lipinski definition) is 1. The van der Waals surface area contributed by atoms with Gasteiger partial charge >= 0.3 is 12.1 Å². The maximum Gasteiger partial charge on any atom is 0.410 e. The van der Waals surface area contributed by atoms with E-state index in [1.807, 2.05) is 18.2 Å². The van der Waals surface area contributed by atoms with Gasteiger partial charge in [0.25, 0.3) is 0 Å². The van der Waals surface area contributed by atoms with Gasteiger partial charge in [0.1, 0.15) is 11.4 Å². The van der Waals surface area contributed by atoms with Crippen molar-refractivity contribution < 1.29 is 24.2 Å². The van der Waals surface area contributed by atoms with E-state index in [0.717, 1.165) is 5.56 Å². The number of amides is 1. The summed E-state index contributed by atoms with van der Waals surface area (Å²) in [5, 5.41) is 9.25. The molecule has 1 N–H and O–H groups in total. The smallest absolute Gasteiger partial charge is 0.410 e. The molecule has 0 atom stereocenters. The molecule has 0 saturated carbocycles. The maximum absolute atomic E-state index is 12.1. The Kier molecular flexibility index (Phi) is 5.40. The molecule has 1 saturated heterocycles. The van der Waals surface area contributed by atoms with Gasteiger partial charge in [0.15, 0.2) is 5.60 Å². The van der Waals surface area contributed by atoms with Gasteiger partial charge in [-0.2, -0.15) is 0 Å². The minimum atomic E-state index is -0.968. The molecule has 0 spiro atoms. The number of para-hydroxylation sites is 1. The lowest BCUT2D eigenvalue weighted by molar-refractivity contribution is -0.149. The Bertz CT molecular complexity index is 656. The Morgan fingerprint density at radius 1 is 1.32 bits per heavy atom. The van der Waals surface area contributed by atoms with Gasteiger partial charge < -0.3 is 14.6 Å². The largest absolute Gasteiger partial charge is 0.483 e. The van der Waals surface area contributed by atoms with Gasteiger partial charge in [-0.15, -0.1) is 6.58 Å². The summed E-state index contributed by atoms with van der Waals surface area (Å²) in [7, 11) is 0. The van der Waals surface area contributed by atoms with E-state index in [2.05, 4.69) is 6.58 Å². The summed E-state index contributed by atoms with van der Waals surface area (Å²) in [5.41, 5.74) is -0.613. The molecule has 136 valence electrons. The van der Waals surface area contributed by atoms with Crippen LogP contribution in [0.15, 0.2) is 36.9 Å². The minimum Gasteiger partial charge on any atom is -0.483 e. The SMILES string of the molecule is C=CCc1ccccc1OC1(CC(=O)O)CN(C(=O)OC(C)(C)C)C1. The van der Waals surface area contributed by atoms with Crippen LogP contribution < -0.4 is 4.74 Å². The molecule has 0 aliphatic carbocycles. The fraction of sp³-hybridized carbons (Fsp3) is 0.474. The highest BCUT2D eigenvalue weighted by atomic mass is 16.6. The zero-order valence-corrected chi connectivity index (χ0v) is 14.9. The fourth-order valence-electron chi connectivity index (χ4n) is 2.75. The Morgan fingerprint density at radius 2 is 1.96 bits per heavy atom. The topological polar surface area (TPSA) is 76.1 Å². The van der Waals surface area contributed by atoms with Crippen molar-refractivity contribution in [3.8, 4) is 5.75 Å². The van der Waals surface area contributed by atoms with Crippen LogP contribution in [0.1, 0.15) is 32.8 Å². The van der Waals surface area contributed by atoms with E-state index >= 15 is 0 Å². The van der Waals surface area contributed by atoms with E-state index in [4.69, 9.17) is 9.47 Å². The van der Waals surface area contributed by atoms with Crippen molar-refractivity contribution in [2.45, 2.75) is 44.8 Å². The first-order valence-corrected chi connectivity index (χ1v) is 8.22. The number of rotatable bonds is 6. The van der Waals surface area contributed by atoms with Crippen molar-refractivity contribution in [2.24, 2.45) is 0 Å². The average Bonchev–Trinajstić information content (AvgIpc) is 2.44. The molecule has 6 nitrogen and oxygen atoms in total. The van der Waals surface area contributed by atoms with Crippen LogP contribution in [-0.2, 0) is 16.0 Å². The monoisotopic (exact) mass is 347 g/mol. The lowest BCUT2D eigenvalue weighted by atomic mass is 9.90. The Morgan fingerprint density at radius 3 is 2.52 bits per heavy atom. The summed E-state index contributed by atoms with van der Waals surface area (Å²) in [4.78, 5) is 24.9. The molecule has 1 amide bonds. The number of carbonyl (C=O) groups excluding carboxylic acids is 1. The lowest BCUT2D eigenvalue weighted by Crippen LogP contribution is -2.67. The first-order chi connectivity index (χ1) is 11.6. The minimum absolute atomic E-state index is 0.177. The summed E-state index contributed by atoms with van der Waals surface area (Å²) < 4.78 is 11.4. The normalized spacial score (nSPS) is 15.9. The van der Waals surface area contributed by atoms with Gasteiger partial charge in [0.2, 0.25) is 0 Å². The van der Waals surface area contributed by atoms with Gasteiger partial charge in [0.05, 0.1) is 19.5 Å². The van der Waals surface area contributed by atoms with Crippen LogP contribution in [0.3, 0.4) is 0 Å². The molecule has 1 aromatic carbocycles. The van der Waals surface area contributed by atoms with E-state index < -0.39 is 23.3 Å². The van der Waals surface area contributed by atoms with Gasteiger partial charge in [0, 0.05) is 0 Å². The number of nitrogens with zero attached hydrogens (tertiary/aromatic N) is 1. The number of carboxylic acid groups (broad SMARTS) is 1. The first-order valence-electron chi connectivity index (χ1n) is 8.22. The molecule has 0 bridgehead atoms. The molecular formula is C19H25NO5. The highest BCUT2D eigenvalue weighted by Gasteiger charge is 2.50. The number of carboxylic acids is 1. The summed E-state index contributed by atoms with van der Waals surface area (Å²) in [6.07, 6.45) is 1.74. The fourth-order valence-corrected chi connectivity index (χ4v) is 2.75. The highest BCUT2D eigenvalue weighted by molar-refractivity contribution is 5.72. The van der Waals surface area contributed by atoms with Crippen LogP contribution in [0.25, 0.3) is 0 Å². The van der Waals surface area contributed by atoms with Gasteiger partial charge in [-0.05, 0) is 38.8 Å². The number of ether oxygens (including phenoxy) is 2. The maximum atomic E-state index is 12.1. The van der Waals surface area contributed by atoms with Crippen LogP contribution in [0.4, 0.5) is 4.79 Å². The molecule has 1 aliphatic heterocycles. The van der Waals surface area contributed by atoms with Gasteiger partial charge in [-0.3, -0.25) is 9.69 Å². The van der Waals surface area contributed by atoms with E-state index in [1.54, 1.807) is 32.9 Å². The second kappa shape index (κ2) is 7.17. The van der Waals surface area contributed by atoms with Crippen LogP contribution in [0, 0.1) is 0 Å². The Hall–Kier alpha value is -2.50. The second-order valence-corrected chi connectivity index (χ2v) is 7.29. The molecule has 25 heavy (non-hydrogen) atoms. The standard InChI is InChI=1S/C19H25NO5/c1-5-8-14-9-6-7-10-15(14)24-19(11-16(21)22)12-20(13-19)17(23)25-18(2,3)4/h5-7,9-10H,1,8,11-13H2,2-4H3,(H,21,22). The summed E-state index contributed by atoms with van der Waals surface area (Å²) in [6.45, 7) is 9.45.